The summed E-state index contributed by atoms with van der Waals surface area (Å²) in [6.45, 7) is 5.55. The molecule has 2 saturated heterocycles. The van der Waals surface area contributed by atoms with Crippen molar-refractivity contribution in [2.75, 3.05) is 19.7 Å². The number of likely N-dealkylation sites (tertiary alicyclic amines) is 1. The Hall–Kier alpha value is -1.89. The Morgan fingerprint density at radius 1 is 1.45 bits per heavy atom. The first-order valence-electron chi connectivity index (χ1n) is 10.4. The van der Waals surface area contributed by atoms with Gasteiger partial charge in [0, 0.05) is 29.7 Å². The van der Waals surface area contributed by atoms with E-state index < -0.39 is 0 Å². The quantitative estimate of drug-likeness (QED) is 0.630. The maximum absolute atomic E-state index is 12.5. The Bertz CT molecular complexity index is 797. The fourth-order valence-electron chi connectivity index (χ4n) is 5.43. The van der Waals surface area contributed by atoms with Gasteiger partial charge >= 0.3 is 12.1 Å². The van der Waals surface area contributed by atoms with Gasteiger partial charge in [0.25, 0.3) is 0 Å². The minimum atomic E-state index is -0.249. The lowest BCUT2D eigenvalue weighted by Gasteiger charge is -2.48. The van der Waals surface area contributed by atoms with Crippen LogP contribution in [-0.4, -0.2) is 47.7 Å². The van der Waals surface area contributed by atoms with Crippen molar-refractivity contribution in [2.45, 2.75) is 32.8 Å². The molecular weight excluding hydrogens is 436 g/mol. The van der Waals surface area contributed by atoms with E-state index in [2.05, 4.69) is 33.1 Å². The Morgan fingerprint density at radius 2 is 2.28 bits per heavy atom. The number of nitrogens with zero attached hydrogens (tertiary/aromatic N) is 2. The Morgan fingerprint density at radius 3 is 3.00 bits per heavy atom. The van der Waals surface area contributed by atoms with Crippen LogP contribution in [0.4, 0.5) is 4.79 Å². The summed E-state index contributed by atoms with van der Waals surface area (Å²) >= 11 is 3.42. The van der Waals surface area contributed by atoms with Crippen molar-refractivity contribution >= 4 is 34.1 Å². The zero-order valence-corrected chi connectivity index (χ0v) is 18.4. The number of carbonyl (C=O) groups excluding carboxylic acids is 2. The zero-order valence-electron chi connectivity index (χ0n) is 16.8. The number of piperidine rings is 1. The summed E-state index contributed by atoms with van der Waals surface area (Å²) in [4.78, 5) is 31.0. The summed E-state index contributed by atoms with van der Waals surface area (Å²) < 4.78 is 11.8. The number of ether oxygens (including phenoxy) is 2. The Balaban J connectivity index is 1.58. The van der Waals surface area contributed by atoms with Crippen LogP contribution in [-0.2, 0) is 14.3 Å². The summed E-state index contributed by atoms with van der Waals surface area (Å²) in [6, 6.07) is 3.95. The maximum atomic E-state index is 12.5. The number of pyridine rings is 1. The van der Waals surface area contributed by atoms with Crippen LogP contribution in [0.1, 0.15) is 32.4 Å². The molecule has 2 aliphatic heterocycles. The number of hydrogen-bond acceptors (Lipinski definition) is 5. The van der Waals surface area contributed by atoms with Crippen LogP contribution in [0.2, 0.25) is 0 Å². The monoisotopic (exact) mass is 462 g/mol. The lowest BCUT2D eigenvalue weighted by Crippen LogP contribution is -2.51. The number of rotatable bonds is 3. The fraction of sp³-hybridized carbons (Fsp3) is 0.591. The van der Waals surface area contributed by atoms with Crippen molar-refractivity contribution in [2.24, 2.45) is 29.6 Å². The molecule has 1 aromatic rings. The van der Waals surface area contributed by atoms with Crippen LogP contribution in [0.5, 0.6) is 0 Å². The van der Waals surface area contributed by atoms with Crippen molar-refractivity contribution in [1.82, 2.24) is 9.88 Å². The molecule has 7 heteroatoms. The summed E-state index contributed by atoms with van der Waals surface area (Å²) in [6.07, 6.45) is 7.44. The van der Waals surface area contributed by atoms with E-state index >= 15 is 0 Å². The predicted molar refractivity (Wildman–Crippen MR) is 112 cm³/mol. The molecule has 1 saturated carbocycles. The van der Waals surface area contributed by atoms with E-state index in [9.17, 15) is 9.59 Å². The fourth-order valence-corrected chi connectivity index (χ4v) is 5.67. The van der Waals surface area contributed by atoms with Crippen LogP contribution < -0.4 is 0 Å². The van der Waals surface area contributed by atoms with Gasteiger partial charge in [-0.05, 0) is 78.6 Å². The molecule has 0 radical (unpaired) electrons. The zero-order chi connectivity index (χ0) is 20.5. The average molecular weight is 463 g/mol. The molecule has 6 atom stereocenters. The van der Waals surface area contributed by atoms with Gasteiger partial charge < -0.3 is 14.4 Å². The summed E-state index contributed by atoms with van der Waals surface area (Å²) in [5, 5.41) is 0. The van der Waals surface area contributed by atoms with E-state index in [1.807, 2.05) is 26.0 Å². The summed E-state index contributed by atoms with van der Waals surface area (Å²) in [7, 11) is 0. The SMILES string of the molecule is CCOC(=O)N1CC[C@@H]2[C@H](C[C@H]3C(=O)O[C@H](C)[C@H]3[C@H]2/C=C/c2ccc(Br)cn2)C1. The molecule has 3 heterocycles. The number of esters is 1. The number of halogens is 1. The smallest absolute Gasteiger partial charge is 0.409 e. The van der Waals surface area contributed by atoms with Gasteiger partial charge in [-0.25, -0.2) is 4.79 Å². The van der Waals surface area contributed by atoms with Crippen molar-refractivity contribution in [3.05, 3.63) is 34.6 Å². The summed E-state index contributed by atoms with van der Waals surface area (Å²) in [5.74, 6) is 0.931. The molecule has 6 nitrogen and oxygen atoms in total. The Kier molecular flexibility index (Phi) is 5.95. The molecule has 0 bridgehead atoms. The first kappa shape index (κ1) is 20.4. The molecule has 3 aliphatic rings. The molecule has 1 aromatic heterocycles. The lowest BCUT2D eigenvalue weighted by molar-refractivity contribution is -0.144. The van der Waals surface area contributed by atoms with Gasteiger partial charge in [0.05, 0.1) is 18.2 Å². The van der Waals surface area contributed by atoms with E-state index in [1.165, 1.54) is 0 Å². The van der Waals surface area contributed by atoms with Gasteiger partial charge in [0.2, 0.25) is 0 Å². The van der Waals surface area contributed by atoms with Crippen molar-refractivity contribution in [3.63, 3.8) is 0 Å². The van der Waals surface area contributed by atoms with Crippen LogP contribution in [0.25, 0.3) is 6.08 Å². The molecule has 1 aliphatic carbocycles. The van der Waals surface area contributed by atoms with E-state index in [4.69, 9.17) is 9.47 Å². The van der Waals surface area contributed by atoms with Gasteiger partial charge in [0.1, 0.15) is 6.10 Å². The largest absolute Gasteiger partial charge is 0.462 e. The molecule has 29 heavy (non-hydrogen) atoms. The molecule has 4 rings (SSSR count). The highest BCUT2D eigenvalue weighted by Crippen LogP contribution is 2.51. The first-order valence-corrected chi connectivity index (χ1v) is 11.2. The minimum Gasteiger partial charge on any atom is -0.462 e. The lowest BCUT2D eigenvalue weighted by atomic mass is 9.59. The highest BCUT2D eigenvalue weighted by molar-refractivity contribution is 9.10. The highest BCUT2D eigenvalue weighted by Gasteiger charge is 2.54. The van der Waals surface area contributed by atoms with Crippen molar-refractivity contribution < 1.29 is 19.1 Å². The van der Waals surface area contributed by atoms with Gasteiger partial charge in [-0.2, -0.15) is 0 Å². The van der Waals surface area contributed by atoms with Gasteiger partial charge in [-0.1, -0.05) is 6.08 Å². The topological polar surface area (TPSA) is 68.7 Å². The summed E-state index contributed by atoms with van der Waals surface area (Å²) in [5.41, 5.74) is 0.897. The Labute approximate surface area is 179 Å². The molecule has 0 unspecified atom stereocenters. The van der Waals surface area contributed by atoms with Crippen LogP contribution in [0.3, 0.4) is 0 Å². The van der Waals surface area contributed by atoms with E-state index in [-0.39, 0.29) is 41.8 Å². The van der Waals surface area contributed by atoms with E-state index in [0.717, 1.165) is 23.0 Å². The second-order valence-corrected chi connectivity index (χ2v) is 9.17. The highest BCUT2D eigenvalue weighted by atomic mass is 79.9. The van der Waals surface area contributed by atoms with Crippen LogP contribution in [0, 0.1) is 29.6 Å². The number of hydrogen-bond donors (Lipinski definition) is 0. The minimum absolute atomic E-state index is 0.0796. The molecule has 156 valence electrons. The van der Waals surface area contributed by atoms with Crippen molar-refractivity contribution in [1.29, 1.82) is 0 Å². The third kappa shape index (κ3) is 4.06. The molecular formula is C22H27BrN2O4. The molecule has 3 fully saturated rings. The standard InChI is InChI=1S/C22H27BrN2O4/c1-3-28-22(27)25-9-8-17-14(12-25)10-19-20(13(2)29-21(19)26)18(17)7-6-16-5-4-15(23)11-24-16/h4-7,11,13-14,17-20H,3,8-10,12H2,1-2H3/b7-6+/t13-,14-,17-,18+,19-,20+/m1/s1. The molecule has 0 spiro atoms. The number of aromatic nitrogens is 1. The van der Waals surface area contributed by atoms with Gasteiger partial charge in [0.15, 0.2) is 0 Å². The number of allylic oxidation sites excluding steroid dienone is 1. The van der Waals surface area contributed by atoms with E-state index in [1.54, 1.807) is 11.1 Å². The third-order valence-corrected chi connectivity index (χ3v) is 7.13. The third-order valence-electron chi connectivity index (χ3n) is 6.67. The second-order valence-electron chi connectivity index (χ2n) is 8.26. The van der Waals surface area contributed by atoms with Crippen LogP contribution in [0.15, 0.2) is 28.9 Å². The number of amides is 1. The molecule has 0 aromatic carbocycles. The van der Waals surface area contributed by atoms with Gasteiger partial charge in [-0.15, -0.1) is 0 Å². The van der Waals surface area contributed by atoms with Crippen LogP contribution >= 0.6 is 15.9 Å². The predicted octanol–water partition coefficient (Wildman–Crippen LogP) is 4.15. The first-order chi connectivity index (χ1) is 14.0. The average Bonchev–Trinajstić information content (AvgIpc) is 2.99. The molecule has 0 N–H and O–H groups in total. The van der Waals surface area contributed by atoms with Gasteiger partial charge in [-0.3, -0.25) is 9.78 Å². The maximum Gasteiger partial charge on any atom is 0.409 e. The number of cyclic esters (lactones) is 1. The number of carbonyl (C=O) groups is 2. The number of fused-ring (bicyclic) bond motifs is 2. The van der Waals surface area contributed by atoms with E-state index in [0.29, 0.717) is 25.6 Å². The molecule has 1 amide bonds. The second kappa shape index (κ2) is 8.46. The normalized spacial score (nSPS) is 33.9. The van der Waals surface area contributed by atoms with Crippen molar-refractivity contribution in [3.8, 4) is 0 Å².